The van der Waals surface area contributed by atoms with Crippen molar-refractivity contribution in [2.45, 2.75) is 58.5 Å². The Kier molecular flexibility index (Phi) is 12.0. The summed E-state index contributed by atoms with van der Waals surface area (Å²) in [6.07, 6.45) is -1.16. The Morgan fingerprint density at radius 2 is 1.10 bits per heavy atom. The van der Waals surface area contributed by atoms with Gasteiger partial charge in [0.1, 0.15) is 0 Å². The van der Waals surface area contributed by atoms with Gasteiger partial charge in [0, 0.05) is 0 Å². The zero-order chi connectivity index (χ0) is 23.9. The molecule has 0 fully saturated rings. The first-order valence-corrected chi connectivity index (χ1v) is 11.6. The minimum Gasteiger partial charge on any atom is -0.395 e. The number of benzene rings is 1. The molecule has 0 saturated heterocycles. The molecule has 9 nitrogen and oxygen atoms in total. The molecule has 1 unspecified atom stereocenters. The molecule has 0 amide bonds. The quantitative estimate of drug-likeness (QED) is 0.276. The van der Waals surface area contributed by atoms with Crippen LogP contribution in [0.3, 0.4) is 0 Å². The summed E-state index contributed by atoms with van der Waals surface area (Å²) in [5.41, 5.74) is 0.799. The van der Waals surface area contributed by atoms with Crippen LogP contribution >= 0.6 is 17.2 Å². The van der Waals surface area contributed by atoms with Gasteiger partial charge >= 0.3 is 17.2 Å². The fourth-order valence-corrected chi connectivity index (χ4v) is 3.47. The summed E-state index contributed by atoms with van der Waals surface area (Å²) in [5, 5.41) is 40.2. The Bertz CT molecular complexity index is 589. The van der Waals surface area contributed by atoms with E-state index in [1.807, 2.05) is 18.2 Å². The predicted molar refractivity (Wildman–Crippen MR) is 116 cm³/mol. The predicted octanol–water partition coefficient (Wildman–Crippen LogP) is 1.70. The van der Waals surface area contributed by atoms with Crippen molar-refractivity contribution >= 4 is 17.2 Å². The summed E-state index contributed by atoms with van der Waals surface area (Å²) in [6, 6.07) is 5.89. The zero-order valence-corrected chi connectivity index (χ0v) is 20.1. The number of aliphatic hydroxyl groups excluding tert-OH is 4. The summed E-state index contributed by atoms with van der Waals surface area (Å²) in [6.45, 7) is 10.9. The lowest BCUT2D eigenvalue weighted by molar-refractivity contribution is -0.0862. The monoisotopic (exact) mass is 470 g/mol. The molecule has 0 bridgehead atoms. The molecular weight excluding hydrogens is 434 g/mol. The van der Waals surface area contributed by atoms with Crippen molar-refractivity contribution in [2.75, 3.05) is 19.8 Å². The lowest BCUT2D eigenvalue weighted by atomic mass is 9.70. The molecule has 8 N–H and O–H groups in total. The standard InChI is InChI=1S/C19H32O4.H4O5P2/c1-17(2,3)13-8-7-9-14(18(4,5)6)15(13)16(23)19(10-20,11-21)12-22;1-6(2)5-7(3)4/h7-9,16,20-23H,10-12H2,1-6H3;1-4H. The lowest BCUT2D eigenvalue weighted by Crippen LogP contribution is -2.42. The van der Waals surface area contributed by atoms with E-state index in [9.17, 15) is 20.4 Å². The number of hydrogen-bond acceptors (Lipinski definition) is 9. The van der Waals surface area contributed by atoms with E-state index in [1.54, 1.807) is 0 Å². The third-order valence-electron chi connectivity index (χ3n) is 4.67. The second-order valence-corrected chi connectivity index (χ2v) is 10.8. The minimum atomic E-state index is -2.61. The molecule has 0 saturated carbocycles. The molecule has 1 aromatic carbocycles. The van der Waals surface area contributed by atoms with Crippen molar-refractivity contribution in [2.24, 2.45) is 5.41 Å². The molecule has 1 atom stereocenters. The maximum Gasteiger partial charge on any atom is 0.334 e. The van der Waals surface area contributed by atoms with Gasteiger partial charge < -0.3 is 40.0 Å². The summed E-state index contributed by atoms with van der Waals surface area (Å²) < 4.78 is 3.60. The van der Waals surface area contributed by atoms with Gasteiger partial charge in [-0.2, -0.15) is 0 Å². The van der Waals surface area contributed by atoms with Crippen LogP contribution in [-0.4, -0.2) is 59.8 Å². The molecule has 0 aliphatic heterocycles. The first-order chi connectivity index (χ1) is 13.6. The van der Waals surface area contributed by atoms with Gasteiger partial charge in [0.25, 0.3) is 0 Å². The fraction of sp³-hybridized carbons (Fsp3) is 0.684. The van der Waals surface area contributed by atoms with Crippen molar-refractivity contribution in [1.29, 1.82) is 0 Å². The van der Waals surface area contributed by atoms with Crippen LogP contribution in [0.15, 0.2) is 18.2 Å². The van der Waals surface area contributed by atoms with Gasteiger partial charge in [-0.25, -0.2) is 4.31 Å². The zero-order valence-electron chi connectivity index (χ0n) is 18.3. The number of aliphatic hydroxyl groups is 4. The fourth-order valence-electron chi connectivity index (χ4n) is 2.95. The van der Waals surface area contributed by atoms with Gasteiger partial charge in [0.2, 0.25) is 0 Å². The van der Waals surface area contributed by atoms with Gasteiger partial charge in [-0.1, -0.05) is 59.7 Å². The molecule has 0 aliphatic carbocycles. The smallest absolute Gasteiger partial charge is 0.334 e. The van der Waals surface area contributed by atoms with E-state index >= 15 is 0 Å². The topological polar surface area (TPSA) is 171 Å². The Labute approximate surface area is 180 Å². The van der Waals surface area contributed by atoms with Gasteiger partial charge in [-0.3, -0.25) is 0 Å². The largest absolute Gasteiger partial charge is 0.395 e. The third-order valence-corrected chi connectivity index (χ3v) is 5.83. The van der Waals surface area contributed by atoms with E-state index in [4.69, 9.17) is 19.6 Å². The van der Waals surface area contributed by atoms with Crippen LogP contribution in [0.1, 0.15) is 64.3 Å². The molecule has 0 spiro atoms. The molecule has 0 aromatic heterocycles. The summed E-state index contributed by atoms with van der Waals surface area (Å²) in [7, 11) is -5.22. The van der Waals surface area contributed by atoms with Gasteiger partial charge in [0.15, 0.2) is 0 Å². The summed E-state index contributed by atoms with van der Waals surface area (Å²) in [4.78, 5) is 31.3. The van der Waals surface area contributed by atoms with Gasteiger partial charge in [-0.15, -0.1) is 0 Å². The average Bonchev–Trinajstić information content (AvgIpc) is 2.60. The normalized spacial score (nSPS) is 14.0. The Balaban J connectivity index is 0.00000103. The Morgan fingerprint density at radius 1 is 0.767 bits per heavy atom. The molecule has 1 aromatic rings. The average molecular weight is 470 g/mol. The van der Waals surface area contributed by atoms with Crippen LogP contribution in [-0.2, 0) is 15.1 Å². The van der Waals surface area contributed by atoms with E-state index in [0.717, 1.165) is 11.1 Å². The van der Waals surface area contributed by atoms with E-state index < -0.39 is 48.5 Å². The van der Waals surface area contributed by atoms with E-state index in [-0.39, 0.29) is 10.8 Å². The highest BCUT2D eigenvalue weighted by Gasteiger charge is 2.41. The second kappa shape index (κ2) is 12.1. The molecule has 176 valence electrons. The van der Waals surface area contributed by atoms with E-state index in [0.29, 0.717) is 5.56 Å². The molecule has 0 radical (unpaired) electrons. The van der Waals surface area contributed by atoms with Crippen molar-refractivity contribution in [3.8, 4) is 0 Å². The van der Waals surface area contributed by atoms with Crippen LogP contribution in [0.4, 0.5) is 0 Å². The van der Waals surface area contributed by atoms with Crippen LogP contribution in [0.2, 0.25) is 0 Å². The van der Waals surface area contributed by atoms with Crippen molar-refractivity contribution < 1.29 is 44.3 Å². The van der Waals surface area contributed by atoms with Crippen LogP contribution < -0.4 is 0 Å². The summed E-state index contributed by atoms with van der Waals surface area (Å²) >= 11 is 0. The lowest BCUT2D eigenvalue weighted by Gasteiger charge is -2.39. The van der Waals surface area contributed by atoms with Gasteiger partial charge in [0.05, 0.1) is 31.3 Å². The molecular formula is C19H36O9P2. The maximum absolute atomic E-state index is 11.0. The van der Waals surface area contributed by atoms with E-state index in [2.05, 4.69) is 45.9 Å². The van der Waals surface area contributed by atoms with Crippen molar-refractivity contribution in [3.05, 3.63) is 34.9 Å². The van der Waals surface area contributed by atoms with Gasteiger partial charge in [-0.05, 0) is 27.5 Å². The first kappa shape index (κ1) is 29.7. The minimum absolute atomic E-state index is 0.219. The highest BCUT2D eigenvalue weighted by atomic mass is 31.2. The van der Waals surface area contributed by atoms with Crippen molar-refractivity contribution in [1.82, 2.24) is 0 Å². The third kappa shape index (κ3) is 8.34. The number of hydrogen-bond donors (Lipinski definition) is 8. The summed E-state index contributed by atoms with van der Waals surface area (Å²) in [5.74, 6) is 0. The first-order valence-electron chi connectivity index (χ1n) is 9.25. The molecule has 30 heavy (non-hydrogen) atoms. The maximum atomic E-state index is 11.0. The SMILES string of the molecule is CC(C)(C)c1cccc(C(C)(C)C)c1C(O)C(CO)(CO)CO.OP(O)OP(O)O. The van der Waals surface area contributed by atoms with Crippen molar-refractivity contribution in [3.63, 3.8) is 0 Å². The second-order valence-electron chi connectivity index (χ2n) is 9.09. The molecule has 0 aliphatic rings. The number of rotatable bonds is 7. The van der Waals surface area contributed by atoms with E-state index in [1.165, 1.54) is 0 Å². The highest BCUT2D eigenvalue weighted by Crippen LogP contribution is 2.43. The highest BCUT2D eigenvalue weighted by molar-refractivity contribution is 7.53. The Hall–Kier alpha value is -0.280. The van der Waals surface area contributed by atoms with Crippen LogP contribution in [0.25, 0.3) is 0 Å². The molecule has 11 heteroatoms. The Morgan fingerprint density at radius 3 is 1.30 bits per heavy atom. The van der Waals surface area contributed by atoms with Crippen LogP contribution in [0.5, 0.6) is 0 Å². The van der Waals surface area contributed by atoms with Crippen LogP contribution in [0, 0.1) is 5.41 Å². The molecule has 1 rings (SSSR count). The molecule has 0 heterocycles.